The third-order valence-electron chi connectivity index (χ3n) is 4.60. The van der Waals surface area contributed by atoms with Crippen molar-refractivity contribution in [1.29, 1.82) is 0 Å². The third kappa shape index (κ3) is 5.80. The van der Waals surface area contributed by atoms with Crippen molar-refractivity contribution in [2.75, 3.05) is 10.8 Å². The maximum atomic E-state index is 13.3. The molecule has 3 aromatic rings. The zero-order chi connectivity index (χ0) is 23.3. The summed E-state index contributed by atoms with van der Waals surface area (Å²) in [5.41, 5.74) is 4.71. The quantitative estimate of drug-likeness (QED) is 0.366. The van der Waals surface area contributed by atoms with Crippen molar-refractivity contribution >= 4 is 43.3 Å². The molecular formula is C23H21BrFN3O3S. The van der Waals surface area contributed by atoms with Gasteiger partial charge in [0.2, 0.25) is 0 Å². The normalized spacial score (nSPS) is 11.8. The molecule has 0 radical (unpaired) electrons. The highest BCUT2D eigenvalue weighted by Gasteiger charge is 2.27. The molecule has 166 valence electrons. The van der Waals surface area contributed by atoms with Crippen LogP contribution in [0.3, 0.4) is 0 Å². The summed E-state index contributed by atoms with van der Waals surface area (Å²) in [6, 6.07) is 18.7. The molecule has 3 rings (SSSR count). The Labute approximate surface area is 195 Å². The monoisotopic (exact) mass is 517 g/mol. The molecule has 1 N–H and O–H groups in total. The first kappa shape index (κ1) is 23.6. The molecule has 1 amide bonds. The lowest BCUT2D eigenvalue weighted by Crippen LogP contribution is -2.39. The van der Waals surface area contributed by atoms with Gasteiger partial charge in [-0.3, -0.25) is 9.10 Å². The van der Waals surface area contributed by atoms with Crippen LogP contribution in [-0.4, -0.2) is 26.6 Å². The second-order valence-electron chi connectivity index (χ2n) is 7.04. The number of hydrazone groups is 1. The Hall–Kier alpha value is -3.04. The van der Waals surface area contributed by atoms with Gasteiger partial charge in [-0.15, -0.1) is 0 Å². The fraction of sp³-hybridized carbons (Fsp3) is 0.130. The standard InChI is InChI=1S/C23H21BrFN3O3S/c1-16-6-12-22(13-7-16)32(30,31)28(21-5-3-4-19(24)14-21)15-23(29)27-26-17(2)18-8-10-20(25)11-9-18/h3-14H,15H2,1-2H3,(H,27,29)/b26-17-. The minimum Gasteiger partial charge on any atom is -0.271 e. The summed E-state index contributed by atoms with van der Waals surface area (Å²) >= 11 is 3.34. The fourth-order valence-corrected chi connectivity index (χ4v) is 4.65. The van der Waals surface area contributed by atoms with Gasteiger partial charge in [-0.25, -0.2) is 18.2 Å². The molecule has 0 spiro atoms. The van der Waals surface area contributed by atoms with Crippen LogP contribution >= 0.6 is 15.9 Å². The number of hydrogen-bond donors (Lipinski definition) is 1. The maximum Gasteiger partial charge on any atom is 0.264 e. The van der Waals surface area contributed by atoms with Crippen LogP contribution in [0.25, 0.3) is 0 Å². The first-order valence-corrected chi connectivity index (χ1v) is 11.8. The van der Waals surface area contributed by atoms with Gasteiger partial charge >= 0.3 is 0 Å². The van der Waals surface area contributed by atoms with E-state index >= 15 is 0 Å². The largest absolute Gasteiger partial charge is 0.271 e. The van der Waals surface area contributed by atoms with Crippen molar-refractivity contribution in [2.45, 2.75) is 18.7 Å². The Morgan fingerprint density at radius 3 is 2.34 bits per heavy atom. The predicted octanol–water partition coefficient (Wildman–Crippen LogP) is 4.63. The van der Waals surface area contributed by atoms with E-state index in [9.17, 15) is 17.6 Å². The lowest BCUT2D eigenvalue weighted by molar-refractivity contribution is -0.119. The van der Waals surface area contributed by atoms with Crippen molar-refractivity contribution in [3.05, 3.63) is 94.2 Å². The molecule has 0 bridgehead atoms. The first-order chi connectivity index (χ1) is 15.2. The van der Waals surface area contributed by atoms with Crippen LogP contribution in [0.5, 0.6) is 0 Å². The van der Waals surface area contributed by atoms with Crippen molar-refractivity contribution in [1.82, 2.24) is 5.43 Å². The van der Waals surface area contributed by atoms with Crippen LogP contribution in [0, 0.1) is 12.7 Å². The van der Waals surface area contributed by atoms with E-state index in [0.29, 0.717) is 21.4 Å². The molecule has 3 aromatic carbocycles. The van der Waals surface area contributed by atoms with E-state index < -0.39 is 22.5 Å². The van der Waals surface area contributed by atoms with Crippen molar-refractivity contribution in [3.63, 3.8) is 0 Å². The van der Waals surface area contributed by atoms with Gasteiger partial charge in [0.1, 0.15) is 12.4 Å². The highest BCUT2D eigenvalue weighted by molar-refractivity contribution is 9.10. The van der Waals surface area contributed by atoms with Crippen molar-refractivity contribution < 1.29 is 17.6 Å². The smallest absolute Gasteiger partial charge is 0.264 e. The second-order valence-corrected chi connectivity index (χ2v) is 9.82. The van der Waals surface area contributed by atoms with Crippen LogP contribution < -0.4 is 9.73 Å². The number of amides is 1. The van der Waals surface area contributed by atoms with Gasteiger partial charge in [-0.1, -0.05) is 51.8 Å². The molecular weight excluding hydrogens is 497 g/mol. The van der Waals surface area contributed by atoms with Gasteiger partial charge < -0.3 is 0 Å². The van der Waals surface area contributed by atoms with Crippen LogP contribution in [0.2, 0.25) is 0 Å². The average Bonchev–Trinajstić information content (AvgIpc) is 2.76. The number of halogens is 2. The summed E-state index contributed by atoms with van der Waals surface area (Å²) < 4.78 is 41.5. The molecule has 0 fully saturated rings. The summed E-state index contributed by atoms with van der Waals surface area (Å²) in [6.07, 6.45) is 0. The number of carbonyl (C=O) groups is 1. The van der Waals surface area contributed by atoms with Crippen LogP contribution in [0.15, 0.2) is 87.3 Å². The van der Waals surface area contributed by atoms with Gasteiger partial charge in [0.15, 0.2) is 0 Å². The Morgan fingerprint density at radius 2 is 1.72 bits per heavy atom. The summed E-state index contributed by atoms with van der Waals surface area (Å²) in [7, 11) is -4.02. The molecule has 0 aliphatic carbocycles. The summed E-state index contributed by atoms with van der Waals surface area (Å²) in [6.45, 7) is 3.03. The molecule has 0 atom stereocenters. The molecule has 0 unspecified atom stereocenters. The molecule has 0 aliphatic rings. The van der Waals surface area contributed by atoms with Gasteiger partial charge in [-0.05, 0) is 61.9 Å². The SMILES string of the molecule is C/C(=N/NC(=O)CN(c1cccc(Br)c1)S(=O)(=O)c1ccc(C)cc1)c1ccc(F)cc1. The molecule has 0 aromatic heterocycles. The number of sulfonamides is 1. The number of benzene rings is 3. The number of anilines is 1. The highest BCUT2D eigenvalue weighted by Crippen LogP contribution is 2.26. The Kier molecular flexibility index (Phi) is 7.42. The minimum atomic E-state index is -4.02. The molecule has 0 aliphatic heterocycles. The summed E-state index contributed by atoms with van der Waals surface area (Å²) in [5, 5.41) is 4.02. The minimum absolute atomic E-state index is 0.0712. The van der Waals surface area contributed by atoms with Crippen molar-refractivity contribution in [3.8, 4) is 0 Å². The predicted molar refractivity (Wildman–Crippen MR) is 127 cm³/mol. The van der Waals surface area contributed by atoms with E-state index in [1.54, 1.807) is 43.3 Å². The zero-order valence-corrected chi connectivity index (χ0v) is 19.8. The van der Waals surface area contributed by atoms with Crippen LogP contribution in [-0.2, 0) is 14.8 Å². The van der Waals surface area contributed by atoms with E-state index in [1.165, 1.54) is 36.4 Å². The topological polar surface area (TPSA) is 78.8 Å². The van der Waals surface area contributed by atoms with E-state index in [-0.39, 0.29) is 10.7 Å². The van der Waals surface area contributed by atoms with Gasteiger partial charge in [0, 0.05) is 4.47 Å². The lowest BCUT2D eigenvalue weighted by Gasteiger charge is -2.24. The van der Waals surface area contributed by atoms with Crippen molar-refractivity contribution in [2.24, 2.45) is 5.10 Å². The molecule has 6 nitrogen and oxygen atoms in total. The molecule has 0 heterocycles. The third-order valence-corrected chi connectivity index (χ3v) is 6.88. The molecule has 0 saturated heterocycles. The second kappa shape index (κ2) is 10.1. The Morgan fingerprint density at radius 1 is 1.06 bits per heavy atom. The number of nitrogens with zero attached hydrogens (tertiary/aromatic N) is 2. The first-order valence-electron chi connectivity index (χ1n) is 9.61. The van der Waals surface area contributed by atoms with E-state index in [1.807, 2.05) is 6.92 Å². The molecule has 0 saturated carbocycles. The maximum absolute atomic E-state index is 13.3. The average molecular weight is 518 g/mol. The fourth-order valence-electron chi connectivity index (χ4n) is 2.85. The number of hydrogen-bond acceptors (Lipinski definition) is 4. The van der Waals surface area contributed by atoms with E-state index in [2.05, 4.69) is 26.5 Å². The number of aryl methyl sites for hydroxylation is 1. The Bertz CT molecular complexity index is 1240. The van der Waals surface area contributed by atoms with Crippen LogP contribution in [0.1, 0.15) is 18.1 Å². The highest BCUT2D eigenvalue weighted by atomic mass is 79.9. The number of carbonyl (C=O) groups excluding carboxylic acids is 1. The molecule has 32 heavy (non-hydrogen) atoms. The zero-order valence-electron chi connectivity index (χ0n) is 17.4. The summed E-state index contributed by atoms with van der Waals surface area (Å²) in [5.74, 6) is -1.00. The van der Waals surface area contributed by atoms with Crippen LogP contribution in [0.4, 0.5) is 10.1 Å². The lowest BCUT2D eigenvalue weighted by atomic mass is 10.1. The van der Waals surface area contributed by atoms with Gasteiger partial charge in [0.05, 0.1) is 16.3 Å². The van der Waals surface area contributed by atoms with E-state index in [4.69, 9.17) is 0 Å². The van der Waals surface area contributed by atoms with E-state index in [0.717, 1.165) is 9.87 Å². The Balaban J connectivity index is 1.87. The summed E-state index contributed by atoms with van der Waals surface area (Å²) in [4.78, 5) is 12.7. The molecule has 9 heteroatoms. The number of nitrogens with one attached hydrogen (secondary N) is 1. The number of rotatable bonds is 7. The van der Waals surface area contributed by atoms with Gasteiger partial charge in [0.25, 0.3) is 15.9 Å². The van der Waals surface area contributed by atoms with Gasteiger partial charge in [-0.2, -0.15) is 5.10 Å².